The Bertz CT molecular complexity index is 626. The summed E-state index contributed by atoms with van der Waals surface area (Å²) in [5, 5.41) is 7.80. The zero-order chi connectivity index (χ0) is 19.4. The molecule has 0 fully saturated rings. The lowest BCUT2D eigenvalue weighted by molar-refractivity contribution is -0.120. The molecule has 0 saturated carbocycles. The number of urea groups is 1. The predicted molar refractivity (Wildman–Crippen MR) is 99.5 cm³/mol. The number of hydrogen-bond acceptors (Lipinski definition) is 4. The normalized spacial score (nSPS) is 12.5. The first-order chi connectivity index (χ1) is 11.4. The molecule has 0 bridgehead atoms. The molecule has 140 valence electrons. The summed E-state index contributed by atoms with van der Waals surface area (Å²) < 4.78 is 14.3. The van der Waals surface area contributed by atoms with Crippen LogP contribution in [0.3, 0.4) is 0 Å². The van der Waals surface area contributed by atoms with Gasteiger partial charge in [-0.1, -0.05) is 0 Å². The molecule has 0 aliphatic carbocycles. The average Bonchev–Trinajstić information content (AvgIpc) is 2.44. The second-order valence-electron chi connectivity index (χ2n) is 7.43. The van der Waals surface area contributed by atoms with E-state index in [2.05, 4.69) is 16.0 Å². The third-order valence-corrected chi connectivity index (χ3v) is 3.60. The Hall–Kier alpha value is -2.31. The quantitative estimate of drug-likeness (QED) is 0.761. The van der Waals surface area contributed by atoms with Crippen LogP contribution in [-0.2, 0) is 4.79 Å². The maximum absolute atomic E-state index is 14.3. The molecule has 1 aromatic carbocycles. The molecule has 0 aliphatic rings. The molecule has 0 unspecified atom stereocenters. The van der Waals surface area contributed by atoms with Crippen LogP contribution in [0.15, 0.2) is 18.2 Å². The van der Waals surface area contributed by atoms with Gasteiger partial charge in [0.05, 0.1) is 5.69 Å². The second kappa shape index (κ2) is 8.18. The monoisotopic (exact) mass is 352 g/mol. The van der Waals surface area contributed by atoms with Crippen molar-refractivity contribution in [3.05, 3.63) is 24.0 Å². The predicted octanol–water partition coefficient (Wildman–Crippen LogP) is 3.10. The van der Waals surface area contributed by atoms with E-state index in [9.17, 15) is 14.0 Å². The number of carbonyl (C=O) groups is 2. The van der Waals surface area contributed by atoms with Crippen LogP contribution in [0.5, 0.6) is 0 Å². The van der Waals surface area contributed by atoms with Gasteiger partial charge in [0, 0.05) is 24.3 Å². The molecular formula is C18H29FN4O2. The van der Waals surface area contributed by atoms with E-state index in [4.69, 9.17) is 0 Å². The number of amides is 3. The summed E-state index contributed by atoms with van der Waals surface area (Å²) in [7, 11) is 1.82. The Labute approximate surface area is 149 Å². The van der Waals surface area contributed by atoms with Crippen LogP contribution in [0.1, 0.15) is 41.5 Å². The first kappa shape index (κ1) is 20.7. The molecule has 0 aromatic heterocycles. The Morgan fingerprint density at radius 1 is 1.16 bits per heavy atom. The van der Waals surface area contributed by atoms with Crippen molar-refractivity contribution in [2.75, 3.05) is 17.3 Å². The molecule has 0 saturated heterocycles. The summed E-state index contributed by atoms with van der Waals surface area (Å²) in [5.41, 5.74) is 0.516. The number of anilines is 2. The Morgan fingerprint density at radius 3 is 2.24 bits per heavy atom. The van der Waals surface area contributed by atoms with Crippen molar-refractivity contribution < 1.29 is 14.0 Å². The fourth-order valence-electron chi connectivity index (χ4n) is 2.07. The van der Waals surface area contributed by atoms with Crippen molar-refractivity contribution in [3.8, 4) is 0 Å². The van der Waals surface area contributed by atoms with Crippen LogP contribution in [0.25, 0.3) is 0 Å². The minimum absolute atomic E-state index is 0.166. The maximum atomic E-state index is 14.3. The van der Waals surface area contributed by atoms with Crippen molar-refractivity contribution >= 4 is 23.3 Å². The molecule has 3 N–H and O–H groups in total. The molecule has 1 rings (SSSR count). The van der Waals surface area contributed by atoms with Crippen molar-refractivity contribution in [1.29, 1.82) is 0 Å². The summed E-state index contributed by atoms with van der Waals surface area (Å²) >= 11 is 0. The van der Waals surface area contributed by atoms with Gasteiger partial charge in [-0.05, 0) is 59.7 Å². The first-order valence-electron chi connectivity index (χ1n) is 8.32. The molecule has 7 heteroatoms. The fourth-order valence-corrected chi connectivity index (χ4v) is 2.07. The van der Waals surface area contributed by atoms with Gasteiger partial charge in [-0.25, -0.2) is 9.18 Å². The number of carbonyl (C=O) groups excluding carboxylic acids is 2. The molecule has 0 aliphatic heterocycles. The first-order valence-corrected chi connectivity index (χ1v) is 8.32. The number of nitrogens with zero attached hydrogens (tertiary/aromatic N) is 1. The van der Waals surface area contributed by atoms with Crippen LogP contribution < -0.4 is 20.9 Å². The minimum Gasteiger partial charge on any atom is -0.374 e. The second-order valence-corrected chi connectivity index (χ2v) is 7.43. The van der Waals surface area contributed by atoms with Gasteiger partial charge in [0.15, 0.2) is 0 Å². The van der Waals surface area contributed by atoms with Crippen LogP contribution >= 0.6 is 0 Å². The SMILES string of the molecule is CC(C)N(C)c1ccc(N[C@H](C)C(=O)NC(=O)NC(C)(C)C)cc1F. The summed E-state index contributed by atoms with van der Waals surface area (Å²) in [5.74, 6) is -0.871. The fraction of sp³-hybridized carbons (Fsp3) is 0.556. The third-order valence-electron chi connectivity index (χ3n) is 3.60. The van der Waals surface area contributed by atoms with E-state index in [1.54, 1.807) is 19.1 Å². The topological polar surface area (TPSA) is 73.5 Å². The molecule has 1 atom stereocenters. The lowest BCUT2D eigenvalue weighted by Crippen LogP contribution is -2.51. The highest BCUT2D eigenvalue weighted by Crippen LogP contribution is 2.23. The van der Waals surface area contributed by atoms with E-state index in [0.29, 0.717) is 11.4 Å². The van der Waals surface area contributed by atoms with Gasteiger partial charge in [-0.15, -0.1) is 0 Å². The van der Waals surface area contributed by atoms with E-state index < -0.39 is 23.5 Å². The van der Waals surface area contributed by atoms with E-state index in [0.717, 1.165) is 0 Å². The molecule has 0 spiro atoms. The summed E-state index contributed by atoms with van der Waals surface area (Å²) in [4.78, 5) is 25.6. The number of imide groups is 1. The highest BCUT2D eigenvalue weighted by molar-refractivity contribution is 5.98. The van der Waals surface area contributed by atoms with Gasteiger partial charge >= 0.3 is 6.03 Å². The molecular weight excluding hydrogens is 323 g/mol. The van der Waals surface area contributed by atoms with Crippen molar-refractivity contribution in [2.45, 2.75) is 59.2 Å². The van der Waals surface area contributed by atoms with E-state index in [1.807, 2.05) is 46.6 Å². The van der Waals surface area contributed by atoms with Crippen LogP contribution in [0.4, 0.5) is 20.6 Å². The smallest absolute Gasteiger partial charge is 0.321 e. The Morgan fingerprint density at radius 2 is 1.76 bits per heavy atom. The number of hydrogen-bond donors (Lipinski definition) is 3. The molecule has 0 radical (unpaired) electrons. The lowest BCUT2D eigenvalue weighted by atomic mass is 10.1. The van der Waals surface area contributed by atoms with Crippen LogP contribution in [-0.4, -0.2) is 36.6 Å². The molecule has 0 heterocycles. The highest BCUT2D eigenvalue weighted by atomic mass is 19.1. The van der Waals surface area contributed by atoms with Gasteiger partial charge in [0.2, 0.25) is 5.91 Å². The number of halogens is 1. The van der Waals surface area contributed by atoms with Crippen LogP contribution in [0, 0.1) is 5.82 Å². The lowest BCUT2D eigenvalue weighted by Gasteiger charge is -2.25. The van der Waals surface area contributed by atoms with Gasteiger partial charge in [0.1, 0.15) is 11.9 Å². The van der Waals surface area contributed by atoms with Crippen molar-refractivity contribution in [3.63, 3.8) is 0 Å². The Balaban J connectivity index is 2.71. The van der Waals surface area contributed by atoms with Gasteiger partial charge < -0.3 is 15.5 Å². The van der Waals surface area contributed by atoms with Gasteiger partial charge in [-0.3, -0.25) is 10.1 Å². The average molecular weight is 352 g/mol. The number of benzene rings is 1. The molecule has 3 amide bonds. The Kier molecular flexibility index (Phi) is 6.78. The van der Waals surface area contributed by atoms with E-state index in [1.165, 1.54) is 6.07 Å². The summed E-state index contributed by atoms with van der Waals surface area (Å²) in [6.45, 7) is 11.0. The van der Waals surface area contributed by atoms with E-state index in [-0.39, 0.29) is 11.9 Å². The summed E-state index contributed by atoms with van der Waals surface area (Å²) in [6.07, 6.45) is 0. The summed E-state index contributed by atoms with van der Waals surface area (Å²) in [6, 6.07) is 3.61. The van der Waals surface area contributed by atoms with Crippen molar-refractivity contribution in [1.82, 2.24) is 10.6 Å². The van der Waals surface area contributed by atoms with E-state index >= 15 is 0 Å². The van der Waals surface area contributed by atoms with Gasteiger partial charge in [0.25, 0.3) is 0 Å². The highest BCUT2D eigenvalue weighted by Gasteiger charge is 2.20. The molecule has 25 heavy (non-hydrogen) atoms. The maximum Gasteiger partial charge on any atom is 0.321 e. The number of rotatable bonds is 5. The third kappa shape index (κ3) is 6.60. The zero-order valence-corrected chi connectivity index (χ0v) is 16.0. The number of nitrogens with one attached hydrogen (secondary N) is 3. The zero-order valence-electron chi connectivity index (χ0n) is 16.0. The molecule has 6 nitrogen and oxygen atoms in total. The standard InChI is InChI=1S/C18H29FN4O2/c1-11(2)23(7)15-9-8-13(10-14(15)19)20-12(3)16(24)21-17(25)22-18(4,5)6/h8-12,20H,1-7H3,(H2,21,22,24,25)/t12-/m1/s1. The molecule has 1 aromatic rings. The largest absolute Gasteiger partial charge is 0.374 e. The van der Waals surface area contributed by atoms with Crippen LogP contribution in [0.2, 0.25) is 0 Å². The minimum atomic E-state index is -0.696. The van der Waals surface area contributed by atoms with Gasteiger partial charge in [-0.2, -0.15) is 0 Å². The van der Waals surface area contributed by atoms with Crippen molar-refractivity contribution in [2.24, 2.45) is 0 Å².